The second-order valence-electron chi connectivity index (χ2n) is 9.35. The molecule has 0 saturated carbocycles. The number of methoxy groups -OCH3 is 1. The number of carbonyl (C=O) groups excluding carboxylic acids is 1. The van der Waals surface area contributed by atoms with Crippen LogP contribution in [0.25, 0.3) is 16.6 Å². The van der Waals surface area contributed by atoms with Crippen LogP contribution in [0.3, 0.4) is 0 Å². The van der Waals surface area contributed by atoms with Crippen LogP contribution >= 0.6 is 0 Å². The van der Waals surface area contributed by atoms with Crippen LogP contribution in [-0.2, 0) is 16.1 Å². The zero-order valence-electron chi connectivity index (χ0n) is 20.7. The molecular formula is C26H32N8O2. The van der Waals surface area contributed by atoms with Gasteiger partial charge in [0.25, 0.3) is 0 Å². The van der Waals surface area contributed by atoms with Gasteiger partial charge in [0.1, 0.15) is 11.6 Å². The minimum atomic E-state index is 0.0201. The van der Waals surface area contributed by atoms with Gasteiger partial charge < -0.3 is 14.5 Å². The second-order valence-corrected chi connectivity index (χ2v) is 9.35. The third-order valence-electron chi connectivity index (χ3n) is 7.33. The van der Waals surface area contributed by atoms with Gasteiger partial charge >= 0.3 is 0 Å². The fourth-order valence-electron chi connectivity index (χ4n) is 5.31. The Labute approximate surface area is 210 Å². The highest BCUT2D eigenvalue weighted by atomic mass is 16.5. The molecule has 0 unspecified atom stereocenters. The summed E-state index contributed by atoms with van der Waals surface area (Å²) in [6.07, 6.45) is 11.0. The number of rotatable bonds is 7. The van der Waals surface area contributed by atoms with E-state index >= 15 is 0 Å². The Balaban J connectivity index is 1.34. The van der Waals surface area contributed by atoms with Gasteiger partial charge in [-0.15, -0.1) is 0 Å². The summed E-state index contributed by atoms with van der Waals surface area (Å²) in [5.74, 6) is 0.0201. The Hall–Kier alpha value is -3.68. The first-order chi connectivity index (χ1) is 17.6. The van der Waals surface area contributed by atoms with Gasteiger partial charge in [-0.3, -0.25) is 14.4 Å². The molecule has 0 radical (unpaired) electrons. The van der Waals surface area contributed by atoms with Crippen molar-refractivity contribution in [1.29, 1.82) is 5.26 Å². The van der Waals surface area contributed by atoms with E-state index in [9.17, 15) is 10.1 Å². The molecule has 5 rings (SSSR count). The number of aromatic nitrogens is 4. The number of fused-ring (bicyclic) bond motifs is 1. The lowest BCUT2D eigenvalue weighted by molar-refractivity contribution is -0.128. The highest BCUT2D eigenvalue weighted by Crippen LogP contribution is 2.33. The molecule has 0 atom stereocenters. The molecule has 3 aromatic heterocycles. The molecule has 2 saturated heterocycles. The van der Waals surface area contributed by atoms with Crippen molar-refractivity contribution in [2.45, 2.75) is 25.4 Å². The van der Waals surface area contributed by atoms with E-state index in [1.165, 1.54) is 6.08 Å². The number of piperazine rings is 1. The average molecular weight is 489 g/mol. The number of nitriles is 1. The quantitative estimate of drug-likeness (QED) is 0.470. The SMILES string of the molecule is C=CC(=O)N1CCN(C2CCN(c3cc(-c4cnn(CCOC)c4)cn4ncc(C#N)c34)CC2)CC1. The molecule has 36 heavy (non-hydrogen) atoms. The molecule has 0 bridgehead atoms. The molecule has 2 fully saturated rings. The number of amides is 1. The van der Waals surface area contributed by atoms with E-state index in [-0.39, 0.29) is 5.91 Å². The molecule has 0 aromatic carbocycles. The zero-order chi connectivity index (χ0) is 25.1. The van der Waals surface area contributed by atoms with E-state index < -0.39 is 0 Å². The summed E-state index contributed by atoms with van der Waals surface area (Å²) in [5.41, 5.74) is 4.48. The predicted octanol–water partition coefficient (Wildman–Crippen LogP) is 2.01. The minimum Gasteiger partial charge on any atom is -0.383 e. The maximum Gasteiger partial charge on any atom is 0.246 e. The number of nitrogens with zero attached hydrogens (tertiary/aromatic N) is 8. The number of pyridine rings is 1. The van der Waals surface area contributed by atoms with Gasteiger partial charge in [-0.2, -0.15) is 15.5 Å². The van der Waals surface area contributed by atoms with Gasteiger partial charge in [0.2, 0.25) is 5.91 Å². The Morgan fingerprint density at radius 3 is 2.61 bits per heavy atom. The van der Waals surface area contributed by atoms with Crippen molar-refractivity contribution < 1.29 is 9.53 Å². The van der Waals surface area contributed by atoms with E-state index in [1.54, 1.807) is 13.3 Å². The monoisotopic (exact) mass is 488 g/mol. The fraction of sp³-hybridized carbons (Fsp3) is 0.462. The van der Waals surface area contributed by atoms with Gasteiger partial charge in [0.05, 0.1) is 36.8 Å². The van der Waals surface area contributed by atoms with Crippen LogP contribution in [0.2, 0.25) is 0 Å². The first kappa shape index (κ1) is 24.0. The molecule has 5 heterocycles. The number of ether oxygens (including phenoxy) is 1. The number of hydrogen-bond donors (Lipinski definition) is 0. The average Bonchev–Trinajstić information content (AvgIpc) is 3.58. The highest BCUT2D eigenvalue weighted by molar-refractivity contribution is 5.87. The van der Waals surface area contributed by atoms with Crippen molar-refractivity contribution in [3.63, 3.8) is 0 Å². The summed E-state index contributed by atoms with van der Waals surface area (Å²) in [6.45, 7) is 10.0. The second kappa shape index (κ2) is 10.5. The van der Waals surface area contributed by atoms with Crippen LogP contribution in [0.1, 0.15) is 18.4 Å². The smallest absolute Gasteiger partial charge is 0.246 e. The molecule has 10 nitrogen and oxygen atoms in total. The van der Waals surface area contributed by atoms with Crippen LogP contribution in [-0.4, -0.2) is 94.1 Å². The maximum atomic E-state index is 11.9. The summed E-state index contributed by atoms with van der Waals surface area (Å²) in [6, 6.07) is 4.97. The van der Waals surface area contributed by atoms with Gasteiger partial charge in [-0.25, -0.2) is 4.52 Å². The fourth-order valence-corrected chi connectivity index (χ4v) is 5.31. The highest BCUT2D eigenvalue weighted by Gasteiger charge is 2.29. The van der Waals surface area contributed by atoms with Crippen molar-refractivity contribution in [3.05, 3.63) is 49.1 Å². The van der Waals surface area contributed by atoms with Crippen molar-refractivity contribution in [2.24, 2.45) is 0 Å². The van der Waals surface area contributed by atoms with Crippen LogP contribution in [0, 0.1) is 11.3 Å². The lowest BCUT2D eigenvalue weighted by Crippen LogP contribution is -2.54. The van der Waals surface area contributed by atoms with Crippen LogP contribution in [0.4, 0.5) is 5.69 Å². The lowest BCUT2D eigenvalue weighted by Gasteiger charge is -2.43. The van der Waals surface area contributed by atoms with Crippen molar-refractivity contribution in [3.8, 4) is 17.2 Å². The summed E-state index contributed by atoms with van der Waals surface area (Å²) in [7, 11) is 1.68. The Bertz CT molecular complexity index is 1270. The van der Waals surface area contributed by atoms with Gasteiger partial charge in [0.15, 0.2) is 0 Å². The van der Waals surface area contributed by atoms with Crippen molar-refractivity contribution in [1.82, 2.24) is 29.2 Å². The zero-order valence-corrected chi connectivity index (χ0v) is 20.7. The van der Waals surface area contributed by atoms with E-state index in [1.807, 2.05) is 32.7 Å². The molecule has 188 valence electrons. The van der Waals surface area contributed by atoms with E-state index in [4.69, 9.17) is 4.74 Å². The normalized spacial score (nSPS) is 17.4. The Morgan fingerprint density at radius 2 is 1.92 bits per heavy atom. The Morgan fingerprint density at radius 1 is 1.14 bits per heavy atom. The van der Waals surface area contributed by atoms with Gasteiger partial charge in [-0.05, 0) is 25.0 Å². The number of hydrogen-bond acceptors (Lipinski definition) is 7. The summed E-state index contributed by atoms with van der Waals surface area (Å²) in [4.78, 5) is 18.7. The topological polar surface area (TPSA) is 94.9 Å². The summed E-state index contributed by atoms with van der Waals surface area (Å²) in [5, 5.41) is 18.7. The van der Waals surface area contributed by atoms with Gasteiger partial charge in [0, 0.05) is 75.9 Å². The maximum absolute atomic E-state index is 11.9. The first-order valence-electron chi connectivity index (χ1n) is 12.4. The van der Waals surface area contributed by atoms with Crippen LogP contribution < -0.4 is 4.90 Å². The molecule has 0 spiro atoms. The number of carbonyl (C=O) groups is 1. The van der Waals surface area contributed by atoms with Crippen LogP contribution in [0.15, 0.2) is 43.5 Å². The standard InChI is InChI=1S/C26H32N8O2/c1-3-25(35)32-10-8-30(9-11-32)23-4-6-31(7-5-23)24-14-20(19-34-26(24)21(15-27)16-29-34)22-17-28-33(18-22)12-13-36-2/h3,14,16-19,23H,1,4-13H2,2H3. The van der Waals surface area contributed by atoms with E-state index in [2.05, 4.69) is 38.7 Å². The molecular weight excluding hydrogens is 456 g/mol. The molecule has 10 heteroatoms. The van der Waals surface area contributed by atoms with Crippen molar-refractivity contribution in [2.75, 3.05) is 57.9 Å². The van der Waals surface area contributed by atoms with Crippen molar-refractivity contribution >= 4 is 17.1 Å². The first-order valence-corrected chi connectivity index (χ1v) is 12.4. The van der Waals surface area contributed by atoms with Crippen LogP contribution in [0.5, 0.6) is 0 Å². The minimum absolute atomic E-state index is 0.0201. The summed E-state index contributed by atoms with van der Waals surface area (Å²) >= 11 is 0. The predicted molar refractivity (Wildman–Crippen MR) is 137 cm³/mol. The molecule has 0 aliphatic carbocycles. The Kier molecular flexibility index (Phi) is 7.02. The van der Waals surface area contributed by atoms with E-state index in [0.717, 1.165) is 74.4 Å². The molecule has 0 N–H and O–H groups in total. The summed E-state index contributed by atoms with van der Waals surface area (Å²) < 4.78 is 8.86. The molecule has 3 aromatic rings. The number of piperidine rings is 1. The van der Waals surface area contributed by atoms with E-state index in [0.29, 0.717) is 24.8 Å². The largest absolute Gasteiger partial charge is 0.383 e. The molecule has 1 amide bonds. The number of anilines is 1. The van der Waals surface area contributed by atoms with Gasteiger partial charge in [-0.1, -0.05) is 6.58 Å². The third kappa shape index (κ3) is 4.72. The lowest BCUT2D eigenvalue weighted by atomic mass is 10.0. The molecule has 2 aliphatic heterocycles. The molecule has 2 aliphatic rings. The third-order valence-corrected chi connectivity index (χ3v) is 7.33.